The zero-order valence-corrected chi connectivity index (χ0v) is 14.9. The molecule has 0 aromatic heterocycles. The van der Waals surface area contributed by atoms with E-state index in [4.69, 9.17) is 11.6 Å². The quantitative estimate of drug-likeness (QED) is 0.904. The molecule has 1 N–H and O–H groups in total. The van der Waals surface area contributed by atoms with Gasteiger partial charge in [-0.3, -0.25) is 9.69 Å². The van der Waals surface area contributed by atoms with Crippen molar-refractivity contribution in [3.63, 3.8) is 0 Å². The number of anilines is 2. The van der Waals surface area contributed by atoms with Gasteiger partial charge in [-0.15, -0.1) is 0 Å². The maximum atomic E-state index is 13.9. The lowest BCUT2D eigenvalue weighted by Gasteiger charge is -2.35. The van der Waals surface area contributed by atoms with E-state index < -0.39 is 0 Å². The maximum absolute atomic E-state index is 13.9. The van der Waals surface area contributed by atoms with Crippen LogP contribution in [-0.2, 0) is 4.79 Å². The molecule has 2 aromatic carbocycles. The number of carbonyl (C=O) groups is 1. The Hall–Kier alpha value is -2.11. The van der Waals surface area contributed by atoms with Gasteiger partial charge in [0, 0.05) is 26.2 Å². The van der Waals surface area contributed by atoms with Crippen LogP contribution in [0.25, 0.3) is 0 Å². The topological polar surface area (TPSA) is 35.6 Å². The molecular formula is C19H21ClFN3O. The number of benzene rings is 2. The lowest BCUT2D eigenvalue weighted by atomic mass is 10.2. The summed E-state index contributed by atoms with van der Waals surface area (Å²) in [4.78, 5) is 16.3. The second kappa shape index (κ2) is 7.85. The average molecular weight is 362 g/mol. The van der Waals surface area contributed by atoms with Crippen molar-refractivity contribution in [2.24, 2.45) is 0 Å². The fourth-order valence-corrected chi connectivity index (χ4v) is 3.25. The highest BCUT2D eigenvalue weighted by Crippen LogP contribution is 2.23. The normalized spacial score (nSPS) is 15.2. The molecule has 132 valence electrons. The molecule has 0 atom stereocenters. The van der Waals surface area contributed by atoms with Crippen molar-refractivity contribution < 1.29 is 9.18 Å². The molecular weight excluding hydrogens is 341 g/mol. The predicted octanol–water partition coefficient (Wildman–Crippen LogP) is 3.55. The molecule has 0 spiro atoms. The third-order valence-electron chi connectivity index (χ3n) is 4.33. The summed E-state index contributed by atoms with van der Waals surface area (Å²) in [5.74, 6) is -0.298. The van der Waals surface area contributed by atoms with E-state index in [2.05, 4.69) is 10.2 Å². The van der Waals surface area contributed by atoms with E-state index in [1.165, 1.54) is 6.07 Å². The van der Waals surface area contributed by atoms with Crippen molar-refractivity contribution in [1.82, 2.24) is 4.90 Å². The molecule has 3 rings (SSSR count). The third kappa shape index (κ3) is 4.50. The molecule has 25 heavy (non-hydrogen) atoms. The SMILES string of the molecule is Cc1ccc(NC(=O)CN2CCN(c3ccccc3F)CC2)c(Cl)c1. The maximum Gasteiger partial charge on any atom is 0.238 e. The Balaban J connectivity index is 1.52. The van der Waals surface area contributed by atoms with E-state index in [1.807, 2.05) is 36.1 Å². The average Bonchev–Trinajstić information content (AvgIpc) is 2.59. The Kier molecular flexibility index (Phi) is 5.56. The Labute approximate surface area is 152 Å². The zero-order valence-electron chi connectivity index (χ0n) is 14.1. The molecule has 6 heteroatoms. The molecule has 0 aliphatic carbocycles. The highest BCUT2D eigenvalue weighted by atomic mass is 35.5. The first-order valence-electron chi connectivity index (χ1n) is 8.31. The molecule has 1 amide bonds. The van der Waals surface area contributed by atoms with Gasteiger partial charge in [-0.1, -0.05) is 29.8 Å². The number of nitrogens with zero attached hydrogens (tertiary/aromatic N) is 2. The van der Waals surface area contributed by atoms with Crippen LogP contribution < -0.4 is 10.2 Å². The number of carbonyl (C=O) groups excluding carboxylic acids is 1. The lowest BCUT2D eigenvalue weighted by molar-refractivity contribution is -0.117. The fraction of sp³-hybridized carbons (Fsp3) is 0.316. The monoisotopic (exact) mass is 361 g/mol. The minimum absolute atomic E-state index is 0.0925. The Morgan fingerprint density at radius 2 is 1.88 bits per heavy atom. The van der Waals surface area contributed by atoms with Gasteiger partial charge in [-0.2, -0.15) is 0 Å². The van der Waals surface area contributed by atoms with Gasteiger partial charge >= 0.3 is 0 Å². The van der Waals surface area contributed by atoms with E-state index in [0.717, 1.165) is 5.56 Å². The van der Waals surface area contributed by atoms with Gasteiger partial charge in [0.25, 0.3) is 0 Å². The molecule has 1 aliphatic rings. The van der Waals surface area contributed by atoms with Crippen molar-refractivity contribution in [3.8, 4) is 0 Å². The lowest BCUT2D eigenvalue weighted by Crippen LogP contribution is -2.48. The van der Waals surface area contributed by atoms with Crippen LogP contribution in [0.15, 0.2) is 42.5 Å². The van der Waals surface area contributed by atoms with Gasteiger partial charge in [0.2, 0.25) is 5.91 Å². The first-order valence-corrected chi connectivity index (χ1v) is 8.68. The summed E-state index contributed by atoms with van der Waals surface area (Å²) < 4.78 is 13.9. The van der Waals surface area contributed by atoms with E-state index in [9.17, 15) is 9.18 Å². The van der Waals surface area contributed by atoms with Gasteiger partial charge in [0.15, 0.2) is 0 Å². The van der Waals surface area contributed by atoms with E-state index in [1.54, 1.807) is 12.1 Å². The predicted molar refractivity (Wildman–Crippen MR) is 99.9 cm³/mol. The van der Waals surface area contributed by atoms with E-state index in [-0.39, 0.29) is 11.7 Å². The zero-order chi connectivity index (χ0) is 17.8. The van der Waals surface area contributed by atoms with Crippen molar-refractivity contribution >= 4 is 28.9 Å². The summed E-state index contributed by atoms with van der Waals surface area (Å²) in [5.41, 5.74) is 2.30. The number of rotatable bonds is 4. The Bertz CT molecular complexity index is 760. The van der Waals surface area contributed by atoms with E-state index in [0.29, 0.717) is 49.1 Å². The molecule has 0 unspecified atom stereocenters. The molecule has 0 bridgehead atoms. The molecule has 1 aliphatic heterocycles. The van der Waals surface area contributed by atoms with Crippen LogP contribution in [0.2, 0.25) is 5.02 Å². The number of piperazine rings is 1. The summed E-state index contributed by atoms with van der Waals surface area (Å²) in [6.07, 6.45) is 0. The minimum Gasteiger partial charge on any atom is -0.367 e. The first kappa shape index (κ1) is 17.7. The second-order valence-electron chi connectivity index (χ2n) is 6.25. The number of nitrogens with one attached hydrogen (secondary N) is 1. The standard InChI is InChI=1S/C19H21ClFN3O/c1-14-6-7-17(15(20)12-14)22-19(25)13-23-8-10-24(11-9-23)18-5-3-2-4-16(18)21/h2-7,12H,8-11,13H2,1H3,(H,22,25). The number of para-hydroxylation sites is 1. The van der Waals surface area contributed by atoms with Crippen LogP contribution in [0.1, 0.15) is 5.56 Å². The van der Waals surface area contributed by atoms with Gasteiger partial charge < -0.3 is 10.2 Å². The Morgan fingerprint density at radius 3 is 2.56 bits per heavy atom. The van der Waals surface area contributed by atoms with Crippen molar-refractivity contribution in [1.29, 1.82) is 0 Å². The van der Waals surface area contributed by atoms with Gasteiger partial charge in [-0.05, 0) is 36.8 Å². The molecule has 1 fully saturated rings. The van der Waals surface area contributed by atoms with Gasteiger partial charge in [-0.25, -0.2) is 4.39 Å². The summed E-state index contributed by atoms with van der Waals surface area (Å²) in [6.45, 7) is 5.06. The Morgan fingerprint density at radius 1 is 1.16 bits per heavy atom. The highest BCUT2D eigenvalue weighted by molar-refractivity contribution is 6.33. The smallest absolute Gasteiger partial charge is 0.238 e. The van der Waals surface area contributed by atoms with Crippen LogP contribution in [0.5, 0.6) is 0 Å². The van der Waals surface area contributed by atoms with Gasteiger partial charge in [0.1, 0.15) is 5.82 Å². The van der Waals surface area contributed by atoms with Crippen LogP contribution in [0.4, 0.5) is 15.8 Å². The molecule has 1 heterocycles. The fourth-order valence-electron chi connectivity index (χ4n) is 2.97. The van der Waals surface area contributed by atoms with E-state index >= 15 is 0 Å². The third-order valence-corrected chi connectivity index (χ3v) is 4.64. The molecule has 0 saturated carbocycles. The van der Waals surface area contributed by atoms with Crippen LogP contribution in [0.3, 0.4) is 0 Å². The van der Waals surface area contributed by atoms with Gasteiger partial charge in [0.05, 0.1) is 22.9 Å². The second-order valence-corrected chi connectivity index (χ2v) is 6.65. The van der Waals surface area contributed by atoms with Crippen LogP contribution in [-0.4, -0.2) is 43.5 Å². The number of aryl methyl sites for hydroxylation is 1. The number of hydrogen-bond donors (Lipinski definition) is 1. The molecule has 1 saturated heterocycles. The number of halogens is 2. The summed E-state index contributed by atoms with van der Waals surface area (Å²) in [6, 6.07) is 12.3. The number of amides is 1. The van der Waals surface area contributed by atoms with Crippen molar-refractivity contribution in [3.05, 3.63) is 58.9 Å². The molecule has 2 aromatic rings. The van der Waals surface area contributed by atoms with Crippen molar-refractivity contribution in [2.75, 3.05) is 42.9 Å². The largest absolute Gasteiger partial charge is 0.367 e. The summed E-state index contributed by atoms with van der Waals surface area (Å²) in [7, 11) is 0. The number of hydrogen-bond acceptors (Lipinski definition) is 3. The summed E-state index contributed by atoms with van der Waals surface area (Å²) >= 11 is 6.15. The van der Waals surface area contributed by atoms with Crippen LogP contribution >= 0.6 is 11.6 Å². The molecule has 4 nitrogen and oxygen atoms in total. The minimum atomic E-state index is -0.206. The first-order chi connectivity index (χ1) is 12.0. The summed E-state index contributed by atoms with van der Waals surface area (Å²) in [5, 5.41) is 3.39. The van der Waals surface area contributed by atoms with Crippen LogP contribution in [0, 0.1) is 12.7 Å². The highest BCUT2D eigenvalue weighted by Gasteiger charge is 2.21. The molecule has 0 radical (unpaired) electrons. The van der Waals surface area contributed by atoms with Crippen molar-refractivity contribution in [2.45, 2.75) is 6.92 Å².